The van der Waals surface area contributed by atoms with Gasteiger partial charge in [-0.15, -0.1) is 0 Å². The van der Waals surface area contributed by atoms with Gasteiger partial charge in [0.15, 0.2) is 5.16 Å². The van der Waals surface area contributed by atoms with Gasteiger partial charge in [-0.3, -0.25) is 4.79 Å². The van der Waals surface area contributed by atoms with Crippen LogP contribution in [-0.2, 0) is 11.3 Å². The lowest BCUT2D eigenvalue weighted by atomic mass is 10.2. The van der Waals surface area contributed by atoms with Crippen LogP contribution in [0.3, 0.4) is 0 Å². The number of carboxylic acid groups (broad SMARTS) is 1. The van der Waals surface area contributed by atoms with Crippen LogP contribution in [-0.4, -0.2) is 26.4 Å². The minimum atomic E-state index is -0.847. The molecule has 0 fully saturated rings. The summed E-state index contributed by atoms with van der Waals surface area (Å²) in [5.41, 5.74) is 2.05. The molecule has 0 spiro atoms. The van der Waals surface area contributed by atoms with Crippen molar-refractivity contribution in [2.45, 2.75) is 18.6 Å². The highest BCUT2D eigenvalue weighted by molar-refractivity contribution is 7.99. The van der Waals surface area contributed by atoms with Crippen LogP contribution in [0.1, 0.15) is 11.3 Å². The van der Waals surface area contributed by atoms with Gasteiger partial charge in [-0.2, -0.15) is 0 Å². The van der Waals surface area contributed by atoms with E-state index in [0.29, 0.717) is 16.7 Å². The summed E-state index contributed by atoms with van der Waals surface area (Å²) in [6.07, 6.45) is 1.74. The second-order valence-corrected chi connectivity index (χ2v) is 5.46. The number of halogens is 1. The Morgan fingerprint density at radius 2 is 2.32 bits per heavy atom. The van der Waals surface area contributed by atoms with Crippen molar-refractivity contribution in [2.75, 3.05) is 5.75 Å². The fraction of sp³-hybridized carbons (Fsp3) is 0.231. The van der Waals surface area contributed by atoms with Crippen molar-refractivity contribution in [3.05, 3.63) is 46.7 Å². The van der Waals surface area contributed by atoms with E-state index in [0.717, 1.165) is 11.3 Å². The number of nitrogens with zero attached hydrogens (tertiary/aromatic N) is 2. The molecule has 0 saturated heterocycles. The van der Waals surface area contributed by atoms with E-state index in [2.05, 4.69) is 4.98 Å². The molecule has 1 N–H and O–H groups in total. The lowest BCUT2D eigenvalue weighted by Crippen LogP contribution is -2.05. The van der Waals surface area contributed by atoms with E-state index in [4.69, 9.17) is 16.7 Å². The Hall–Kier alpha value is -1.46. The molecule has 0 aliphatic rings. The number of hydrogen-bond donors (Lipinski definition) is 1. The van der Waals surface area contributed by atoms with Gasteiger partial charge in [-0.25, -0.2) is 4.98 Å². The first-order valence-electron chi connectivity index (χ1n) is 5.67. The fourth-order valence-corrected chi connectivity index (χ4v) is 2.65. The zero-order valence-electron chi connectivity index (χ0n) is 10.3. The maximum Gasteiger partial charge on any atom is 0.313 e. The summed E-state index contributed by atoms with van der Waals surface area (Å²) in [5, 5.41) is 10.1. The normalized spacial score (nSPS) is 10.6. The molecule has 2 aromatic rings. The third kappa shape index (κ3) is 3.75. The Morgan fingerprint density at radius 1 is 1.53 bits per heavy atom. The predicted octanol–water partition coefficient (Wildman–Crippen LogP) is 3.07. The van der Waals surface area contributed by atoms with Crippen molar-refractivity contribution in [3.63, 3.8) is 0 Å². The topological polar surface area (TPSA) is 55.1 Å². The molecule has 1 heterocycles. The average molecular weight is 297 g/mol. The van der Waals surface area contributed by atoms with E-state index < -0.39 is 5.97 Å². The van der Waals surface area contributed by atoms with Crippen LogP contribution in [0.4, 0.5) is 0 Å². The van der Waals surface area contributed by atoms with Crippen molar-refractivity contribution >= 4 is 29.3 Å². The van der Waals surface area contributed by atoms with Crippen LogP contribution in [0.2, 0.25) is 5.02 Å². The number of imidazole rings is 1. The second kappa shape index (κ2) is 6.12. The zero-order valence-corrected chi connectivity index (χ0v) is 11.9. The molecule has 100 valence electrons. The van der Waals surface area contributed by atoms with Gasteiger partial charge in [0.1, 0.15) is 0 Å². The van der Waals surface area contributed by atoms with Gasteiger partial charge in [-0.05, 0) is 24.6 Å². The summed E-state index contributed by atoms with van der Waals surface area (Å²) in [7, 11) is 0. The van der Waals surface area contributed by atoms with E-state index in [1.807, 2.05) is 35.8 Å². The van der Waals surface area contributed by atoms with Crippen LogP contribution in [0.25, 0.3) is 0 Å². The Bertz CT molecular complexity index is 598. The van der Waals surface area contributed by atoms with Gasteiger partial charge < -0.3 is 9.67 Å². The van der Waals surface area contributed by atoms with E-state index in [1.54, 1.807) is 6.20 Å². The van der Waals surface area contributed by atoms with Gasteiger partial charge in [-0.1, -0.05) is 35.5 Å². The first-order valence-corrected chi connectivity index (χ1v) is 7.04. The zero-order chi connectivity index (χ0) is 13.8. The molecule has 19 heavy (non-hydrogen) atoms. The number of carbonyl (C=O) groups is 1. The molecule has 1 aromatic carbocycles. The Kier molecular flexibility index (Phi) is 4.50. The number of carboxylic acids is 1. The fourth-order valence-electron chi connectivity index (χ4n) is 1.69. The summed E-state index contributed by atoms with van der Waals surface area (Å²) in [5.74, 6) is -0.841. The van der Waals surface area contributed by atoms with Crippen molar-refractivity contribution < 1.29 is 9.90 Å². The first-order chi connectivity index (χ1) is 9.06. The molecular weight excluding hydrogens is 284 g/mol. The van der Waals surface area contributed by atoms with Crippen molar-refractivity contribution in [1.29, 1.82) is 0 Å². The van der Waals surface area contributed by atoms with Crippen LogP contribution in [0.5, 0.6) is 0 Å². The van der Waals surface area contributed by atoms with Gasteiger partial charge in [0.2, 0.25) is 0 Å². The molecule has 0 amide bonds. The molecule has 0 unspecified atom stereocenters. The summed E-state index contributed by atoms with van der Waals surface area (Å²) >= 11 is 7.18. The lowest BCUT2D eigenvalue weighted by molar-refractivity contribution is -0.133. The minimum absolute atomic E-state index is 0.00595. The number of aryl methyl sites for hydroxylation is 1. The molecule has 0 saturated carbocycles. The highest BCUT2D eigenvalue weighted by Gasteiger charge is 2.10. The largest absolute Gasteiger partial charge is 0.481 e. The SMILES string of the molecule is Cc1cnc(SCC(=O)O)n1Cc1cccc(Cl)c1. The third-order valence-corrected chi connectivity index (χ3v) is 3.78. The monoisotopic (exact) mass is 296 g/mol. The van der Waals surface area contributed by atoms with Crippen LogP contribution in [0, 0.1) is 6.92 Å². The van der Waals surface area contributed by atoms with Crippen LogP contribution in [0.15, 0.2) is 35.6 Å². The molecule has 0 bridgehead atoms. The van der Waals surface area contributed by atoms with Gasteiger partial charge in [0.05, 0.1) is 5.75 Å². The predicted molar refractivity (Wildman–Crippen MR) is 75.9 cm³/mol. The molecule has 6 heteroatoms. The number of benzene rings is 1. The molecule has 0 radical (unpaired) electrons. The molecule has 0 aliphatic heterocycles. The van der Waals surface area contributed by atoms with Crippen LogP contribution < -0.4 is 0 Å². The smallest absolute Gasteiger partial charge is 0.313 e. The molecule has 2 rings (SSSR count). The van der Waals surface area contributed by atoms with Gasteiger partial charge in [0.25, 0.3) is 0 Å². The maximum absolute atomic E-state index is 10.6. The van der Waals surface area contributed by atoms with E-state index in [9.17, 15) is 4.79 Å². The second-order valence-electron chi connectivity index (χ2n) is 4.08. The Balaban J connectivity index is 2.19. The van der Waals surface area contributed by atoms with Crippen molar-refractivity contribution in [2.24, 2.45) is 0 Å². The average Bonchev–Trinajstić information content (AvgIpc) is 2.68. The summed E-state index contributed by atoms with van der Waals surface area (Å²) in [6.45, 7) is 2.58. The standard InChI is InChI=1S/C13H13ClN2O2S/c1-9-6-15-13(19-8-12(17)18)16(9)7-10-3-2-4-11(14)5-10/h2-6H,7-8H2,1H3,(H,17,18). The Labute approximate surface area is 120 Å². The molecule has 0 atom stereocenters. The quantitative estimate of drug-likeness (QED) is 0.862. The lowest BCUT2D eigenvalue weighted by Gasteiger charge is -2.09. The van der Waals surface area contributed by atoms with Gasteiger partial charge in [0, 0.05) is 23.5 Å². The minimum Gasteiger partial charge on any atom is -0.481 e. The number of hydrogen-bond acceptors (Lipinski definition) is 3. The summed E-state index contributed by atoms with van der Waals surface area (Å²) in [6, 6.07) is 7.60. The first kappa shape index (κ1) is 14.0. The van der Waals surface area contributed by atoms with E-state index >= 15 is 0 Å². The van der Waals surface area contributed by atoms with E-state index in [-0.39, 0.29) is 5.75 Å². The molecule has 0 aliphatic carbocycles. The maximum atomic E-state index is 10.6. The Morgan fingerprint density at radius 3 is 3.00 bits per heavy atom. The highest BCUT2D eigenvalue weighted by atomic mass is 35.5. The highest BCUT2D eigenvalue weighted by Crippen LogP contribution is 2.20. The summed E-state index contributed by atoms with van der Waals surface area (Å²) in [4.78, 5) is 14.9. The van der Waals surface area contributed by atoms with E-state index in [1.165, 1.54) is 11.8 Å². The summed E-state index contributed by atoms with van der Waals surface area (Å²) < 4.78 is 1.99. The number of aromatic nitrogens is 2. The number of rotatable bonds is 5. The van der Waals surface area contributed by atoms with Crippen molar-refractivity contribution in [3.8, 4) is 0 Å². The van der Waals surface area contributed by atoms with Crippen molar-refractivity contribution in [1.82, 2.24) is 9.55 Å². The molecule has 4 nitrogen and oxygen atoms in total. The van der Waals surface area contributed by atoms with Crippen LogP contribution >= 0.6 is 23.4 Å². The molecular formula is C13H13ClN2O2S. The number of thioether (sulfide) groups is 1. The molecule has 1 aromatic heterocycles. The third-order valence-electron chi connectivity index (χ3n) is 2.57. The number of aliphatic carboxylic acids is 1. The van der Waals surface area contributed by atoms with Gasteiger partial charge >= 0.3 is 5.97 Å².